The number of hydrogen-bond acceptors (Lipinski definition) is 7. The molecule has 0 spiro atoms. The molecule has 25 heavy (non-hydrogen) atoms. The van der Waals surface area contributed by atoms with E-state index in [-0.39, 0.29) is 17.1 Å². The van der Waals surface area contributed by atoms with Crippen LogP contribution in [0.15, 0.2) is 36.4 Å². The van der Waals surface area contributed by atoms with Gasteiger partial charge in [0.25, 0.3) is 0 Å². The Labute approximate surface area is 145 Å². The highest BCUT2D eigenvalue weighted by Crippen LogP contribution is 2.36. The zero-order chi connectivity index (χ0) is 18.6. The van der Waals surface area contributed by atoms with Gasteiger partial charge in [0.2, 0.25) is 0 Å². The summed E-state index contributed by atoms with van der Waals surface area (Å²) in [5.41, 5.74) is 0.882. The number of ketones is 1. The molecule has 5 atom stereocenters. The Morgan fingerprint density at radius 2 is 1.88 bits per heavy atom. The van der Waals surface area contributed by atoms with Gasteiger partial charge < -0.3 is 30.3 Å². The van der Waals surface area contributed by atoms with Crippen LogP contribution in [0.25, 0.3) is 6.08 Å². The molecule has 0 bridgehead atoms. The lowest BCUT2D eigenvalue weighted by Gasteiger charge is -2.40. The topological polar surface area (TPSA) is 127 Å². The Bertz CT molecular complexity index is 665. The van der Waals surface area contributed by atoms with E-state index in [0.717, 1.165) is 0 Å². The van der Waals surface area contributed by atoms with Gasteiger partial charge in [-0.05, 0) is 24.6 Å². The van der Waals surface area contributed by atoms with E-state index < -0.39 is 37.1 Å². The minimum Gasteiger partial charge on any atom is -0.508 e. The number of allylic oxidation sites excluding steroid dienone is 3. The largest absolute Gasteiger partial charge is 0.508 e. The van der Waals surface area contributed by atoms with Crippen LogP contribution < -0.4 is 0 Å². The van der Waals surface area contributed by atoms with Crippen LogP contribution in [0.4, 0.5) is 0 Å². The number of ether oxygens (including phenoxy) is 1. The summed E-state index contributed by atoms with van der Waals surface area (Å²) in [6.45, 7) is 0.900. The summed E-state index contributed by atoms with van der Waals surface area (Å²) in [6, 6.07) is 4.62. The van der Waals surface area contributed by atoms with Crippen LogP contribution >= 0.6 is 0 Å². The van der Waals surface area contributed by atoms with Crippen molar-refractivity contribution in [2.24, 2.45) is 0 Å². The molecule has 1 fully saturated rings. The van der Waals surface area contributed by atoms with E-state index in [1.165, 1.54) is 25.1 Å². The Balaban J connectivity index is 2.21. The van der Waals surface area contributed by atoms with Crippen LogP contribution in [-0.2, 0) is 9.53 Å². The van der Waals surface area contributed by atoms with E-state index in [4.69, 9.17) is 4.74 Å². The van der Waals surface area contributed by atoms with Crippen molar-refractivity contribution in [2.75, 3.05) is 6.61 Å². The van der Waals surface area contributed by atoms with Gasteiger partial charge in [-0.15, -0.1) is 0 Å². The number of carbonyl (C=O) groups excluding carboxylic acids is 1. The SMILES string of the molecule is CC(=O)/C=C/C=C/c1ccc([C@@H]2O[C@H](CO)[C@@H](O)[C@H](O)[C@H]2O)c(O)c1. The molecule has 1 aliphatic rings. The van der Waals surface area contributed by atoms with Crippen LogP contribution in [-0.4, -0.2) is 62.3 Å². The van der Waals surface area contributed by atoms with E-state index in [2.05, 4.69) is 0 Å². The molecule has 0 unspecified atom stereocenters. The third-order valence-corrected chi connectivity index (χ3v) is 3.98. The van der Waals surface area contributed by atoms with Crippen LogP contribution in [0.2, 0.25) is 0 Å². The number of phenols is 1. The molecule has 136 valence electrons. The fraction of sp³-hybridized carbons (Fsp3) is 0.389. The van der Waals surface area contributed by atoms with Crippen LogP contribution in [0, 0.1) is 0 Å². The van der Waals surface area contributed by atoms with Crippen molar-refractivity contribution in [3.63, 3.8) is 0 Å². The number of benzene rings is 1. The van der Waals surface area contributed by atoms with Gasteiger partial charge in [0.1, 0.15) is 36.3 Å². The van der Waals surface area contributed by atoms with E-state index in [9.17, 15) is 30.3 Å². The summed E-state index contributed by atoms with van der Waals surface area (Å²) < 4.78 is 5.43. The lowest BCUT2D eigenvalue weighted by atomic mass is 9.90. The Kier molecular flexibility index (Phi) is 6.46. The molecule has 5 N–H and O–H groups in total. The molecular formula is C18H22O7. The zero-order valence-corrected chi connectivity index (χ0v) is 13.7. The normalized spacial score (nSPS) is 30.2. The molecule has 1 aromatic carbocycles. The highest BCUT2D eigenvalue weighted by atomic mass is 16.5. The van der Waals surface area contributed by atoms with Crippen LogP contribution in [0.1, 0.15) is 24.2 Å². The second-order valence-electron chi connectivity index (χ2n) is 5.90. The Hall–Kier alpha value is -2.03. The Morgan fingerprint density at radius 1 is 1.16 bits per heavy atom. The zero-order valence-electron chi connectivity index (χ0n) is 13.7. The number of aliphatic hydroxyl groups is 4. The molecule has 7 nitrogen and oxygen atoms in total. The third kappa shape index (κ3) is 4.53. The molecule has 1 aromatic rings. The first-order chi connectivity index (χ1) is 11.8. The molecule has 1 saturated heterocycles. The van der Waals surface area contributed by atoms with Crippen molar-refractivity contribution in [3.8, 4) is 5.75 Å². The third-order valence-electron chi connectivity index (χ3n) is 3.98. The number of hydrogen-bond donors (Lipinski definition) is 5. The first kappa shape index (κ1) is 19.3. The fourth-order valence-corrected chi connectivity index (χ4v) is 2.62. The summed E-state index contributed by atoms with van der Waals surface area (Å²) >= 11 is 0. The summed E-state index contributed by atoms with van der Waals surface area (Å²) in [6.07, 6.45) is -0.252. The maximum absolute atomic E-state index is 10.8. The molecule has 2 rings (SSSR count). The summed E-state index contributed by atoms with van der Waals surface area (Å²) in [7, 11) is 0. The standard InChI is InChI=1S/C18H22O7/c1-10(20)4-2-3-5-11-6-7-12(13(21)8-11)18-17(24)16(23)15(22)14(9-19)25-18/h2-8,14-19,21-24H,9H2,1H3/b4-2+,5-3+/t14-,15-,16+,17-,18+/m1/s1. The van der Waals surface area contributed by atoms with E-state index in [0.29, 0.717) is 5.56 Å². The molecule has 0 aliphatic carbocycles. The van der Waals surface area contributed by atoms with Gasteiger partial charge in [-0.1, -0.05) is 30.4 Å². The summed E-state index contributed by atoms with van der Waals surface area (Å²) in [5, 5.41) is 49.2. The monoisotopic (exact) mass is 350 g/mol. The van der Waals surface area contributed by atoms with Gasteiger partial charge in [-0.25, -0.2) is 0 Å². The van der Waals surface area contributed by atoms with Crippen molar-refractivity contribution < 1.29 is 35.1 Å². The molecule has 0 aromatic heterocycles. The van der Waals surface area contributed by atoms with Crippen LogP contribution in [0.3, 0.4) is 0 Å². The van der Waals surface area contributed by atoms with Crippen molar-refractivity contribution >= 4 is 11.9 Å². The van der Waals surface area contributed by atoms with E-state index >= 15 is 0 Å². The molecule has 1 aliphatic heterocycles. The van der Waals surface area contributed by atoms with Crippen molar-refractivity contribution in [3.05, 3.63) is 47.6 Å². The predicted octanol–water partition coefficient (Wildman–Crippen LogP) is 0.0655. The first-order valence-corrected chi connectivity index (χ1v) is 7.84. The van der Waals surface area contributed by atoms with Gasteiger partial charge in [0, 0.05) is 5.56 Å². The van der Waals surface area contributed by atoms with Gasteiger partial charge in [0.05, 0.1) is 6.61 Å². The highest BCUT2D eigenvalue weighted by molar-refractivity contribution is 5.87. The molecule has 0 radical (unpaired) electrons. The minimum absolute atomic E-state index is 0.0783. The summed E-state index contributed by atoms with van der Waals surface area (Å²) in [5.74, 6) is -0.243. The highest BCUT2D eigenvalue weighted by Gasteiger charge is 2.44. The average Bonchev–Trinajstić information content (AvgIpc) is 2.57. The maximum Gasteiger partial charge on any atom is 0.152 e. The van der Waals surface area contributed by atoms with Gasteiger partial charge in [-0.2, -0.15) is 0 Å². The lowest BCUT2D eigenvalue weighted by Crippen LogP contribution is -2.55. The molecule has 7 heteroatoms. The lowest BCUT2D eigenvalue weighted by molar-refractivity contribution is -0.232. The van der Waals surface area contributed by atoms with Gasteiger partial charge in [-0.3, -0.25) is 4.79 Å². The first-order valence-electron chi connectivity index (χ1n) is 7.84. The molecule has 0 amide bonds. The Morgan fingerprint density at radius 3 is 2.48 bits per heavy atom. The van der Waals surface area contributed by atoms with Crippen molar-refractivity contribution in [1.29, 1.82) is 0 Å². The summed E-state index contributed by atoms with van der Waals surface area (Å²) in [4.78, 5) is 10.8. The molecular weight excluding hydrogens is 328 g/mol. The molecule has 1 heterocycles. The van der Waals surface area contributed by atoms with Crippen molar-refractivity contribution in [1.82, 2.24) is 0 Å². The van der Waals surface area contributed by atoms with E-state index in [1.807, 2.05) is 0 Å². The van der Waals surface area contributed by atoms with Gasteiger partial charge in [0.15, 0.2) is 5.78 Å². The number of aromatic hydroxyl groups is 1. The number of aliphatic hydroxyl groups excluding tert-OH is 4. The predicted molar refractivity (Wildman–Crippen MR) is 89.7 cm³/mol. The second-order valence-corrected chi connectivity index (χ2v) is 5.90. The quantitative estimate of drug-likeness (QED) is 0.375. The van der Waals surface area contributed by atoms with Crippen molar-refractivity contribution in [2.45, 2.75) is 37.4 Å². The number of rotatable bonds is 5. The van der Waals surface area contributed by atoms with Crippen LogP contribution in [0.5, 0.6) is 5.75 Å². The van der Waals surface area contributed by atoms with E-state index in [1.54, 1.807) is 24.3 Å². The second kappa shape index (κ2) is 8.37. The smallest absolute Gasteiger partial charge is 0.152 e. The van der Waals surface area contributed by atoms with Gasteiger partial charge >= 0.3 is 0 Å². The average molecular weight is 350 g/mol. The number of phenolic OH excluding ortho intramolecular Hbond substituents is 1. The molecule has 0 saturated carbocycles. The maximum atomic E-state index is 10.8. The minimum atomic E-state index is -1.51. The fourth-order valence-electron chi connectivity index (χ4n) is 2.62. The number of carbonyl (C=O) groups is 1.